The Bertz CT molecular complexity index is 871. The number of hydrogen-bond donors (Lipinski definition) is 1. The van der Waals surface area contributed by atoms with Crippen LogP contribution in [0.4, 0.5) is 11.4 Å². The van der Waals surface area contributed by atoms with Gasteiger partial charge >= 0.3 is 0 Å². The number of likely N-dealkylation sites (N-methyl/N-ethyl adjacent to an activating group) is 1. The number of benzene rings is 2. The molecule has 1 N–H and O–H groups in total. The van der Waals surface area contributed by atoms with Gasteiger partial charge in [0.2, 0.25) is 5.91 Å². The molecule has 3 rings (SSSR count). The highest BCUT2D eigenvalue weighted by Gasteiger charge is 2.11. The van der Waals surface area contributed by atoms with E-state index < -0.39 is 0 Å². The number of carbonyl (C=O) groups excluding carboxylic acids is 1. The molecule has 1 heterocycles. The highest BCUT2D eigenvalue weighted by molar-refractivity contribution is 5.94. The molecule has 3 aromatic rings. The second-order valence-corrected chi connectivity index (χ2v) is 6.24. The largest absolute Gasteiger partial charge is 0.378 e. The maximum atomic E-state index is 12.4. The second kappa shape index (κ2) is 7.82. The molecule has 0 fully saturated rings. The van der Waals surface area contributed by atoms with Crippen molar-refractivity contribution in [1.29, 1.82) is 0 Å². The number of para-hydroxylation sites is 1. The topological polar surface area (TPSA) is 63.1 Å². The summed E-state index contributed by atoms with van der Waals surface area (Å²) >= 11 is 0. The first-order valence-corrected chi connectivity index (χ1v) is 8.54. The number of carbonyl (C=O) groups is 1. The zero-order chi connectivity index (χ0) is 18.5. The van der Waals surface area contributed by atoms with E-state index in [0.29, 0.717) is 13.0 Å². The molecular formula is C20H23N5O. The zero-order valence-corrected chi connectivity index (χ0v) is 15.3. The molecule has 0 aliphatic heterocycles. The van der Waals surface area contributed by atoms with Gasteiger partial charge in [-0.05, 0) is 36.8 Å². The Morgan fingerprint density at radius 3 is 2.38 bits per heavy atom. The van der Waals surface area contributed by atoms with E-state index in [-0.39, 0.29) is 5.91 Å². The molecule has 0 bridgehead atoms. The van der Waals surface area contributed by atoms with Crippen LogP contribution in [-0.4, -0.2) is 27.7 Å². The first-order valence-electron chi connectivity index (χ1n) is 8.54. The number of anilines is 2. The number of rotatable bonds is 6. The van der Waals surface area contributed by atoms with Gasteiger partial charge in [-0.1, -0.05) is 30.3 Å². The summed E-state index contributed by atoms with van der Waals surface area (Å²) in [6.07, 6.45) is 0.369. The number of nitrogens with one attached hydrogen (secondary N) is 1. The standard InChI is InChI=1S/C20H23N5O/c1-15-22-23-19(24(15)2)14-21-17-11-9-16(10-12-17)13-20(26)25(3)18-7-5-4-6-8-18/h4-12,21H,13-14H2,1-3H3. The average Bonchev–Trinajstić information content (AvgIpc) is 2.99. The van der Waals surface area contributed by atoms with E-state index in [2.05, 4.69) is 15.5 Å². The maximum absolute atomic E-state index is 12.4. The highest BCUT2D eigenvalue weighted by atomic mass is 16.2. The van der Waals surface area contributed by atoms with Crippen molar-refractivity contribution in [2.45, 2.75) is 19.9 Å². The first-order chi connectivity index (χ1) is 12.5. The minimum atomic E-state index is 0.0615. The minimum absolute atomic E-state index is 0.0615. The summed E-state index contributed by atoms with van der Waals surface area (Å²) in [7, 11) is 3.75. The van der Waals surface area contributed by atoms with Crippen LogP contribution in [0, 0.1) is 6.92 Å². The van der Waals surface area contributed by atoms with Crippen molar-refractivity contribution < 1.29 is 4.79 Å². The van der Waals surface area contributed by atoms with Crippen LogP contribution in [0.15, 0.2) is 54.6 Å². The van der Waals surface area contributed by atoms with Crippen molar-refractivity contribution in [1.82, 2.24) is 14.8 Å². The molecule has 0 spiro atoms. The molecule has 6 heteroatoms. The summed E-state index contributed by atoms with van der Waals surface area (Å²) in [6.45, 7) is 2.53. The van der Waals surface area contributed by atoms with Crippen molar-refractivity contribution in [2.75, 3.05) is 17.3 Å². The van der Waals surface area contributed by atoms with Crippen LogP contribution >= 0.6 is 0 Å². The molecule has 0 saturated heterocycles. The lowest BCUT2D eigenvalue weighted by molar-refractivity contribution is -0.117. The van der Waals surface area contributed by atoms with Gasteiger partial charge in [0.1, 0.15) is 5.82 Å². The van der Waals surface area contributed by atoms with Crippen molar-refractivity contribution >= 4 is 17.3 Å². The average molecular weight is 349 g/mol. The SMILES string of the molecule is Cc1nnc(CNc2ccc(CC(=O)N(C)c3ccccc3)cc2)n1C. The second-order valence-electron chi connectivity index (χ2n) is 6.24. The van der Waals surface area contributed by atoms with E-state index in [9.17, 15) is 4.79 Å². The Kier molecular flexibility index (Phi) is 5.31. The van der Waals surface area contributed by atoms with Crippen molar-refractivity contribution in [3.05, 3.63) is 71.8 Å². The molecule has 0 radical (unpaired) electrons. The van der Waals surface area contributed by atoms with E-state index in [0.717, 1.165) is 28.6 Å². The third-order valence-electron chi connectivity index (χ3n) is 4.46. The normalized spacial score (nSPS) is 10.6. The van der Waals surface area contributed by atoms with Gasteiger partial charge in [0, 0.05) is 25.5 Å². The van der Waals surface area contributed by atoms with Gasteiger partial charge in [-0.2, -0.15) is 0 Å². The summed E-state index contributed by atoms with van der Waals surface area (Å²) in [6, 6.07) is 17.6. The Labute approximate surface area is 153 Å². The zero-order valence-electron chi connectivity index (χ0n) is 15.3. The fourth-order valence-corrected chi connectivity index (χ4v) is 2.62. The predicted octanol–water partition coefficient (Wildman–Crippen LogP) is 2.94. The van der Waals surface area contributed by atoms with Crippen LogP contribution in [-0.2, 0) is 24.8 Å². The molecule has 0 aliphatic rings. The summed E-state index contributed by atoms with van der Waals surface area (Å²) in [5.74, 6) is 1.83. The molecule has 26 heavy (non-hydrogen) atoms. The monoisotopic (exact) mass is 349 g/mol. The third kappa shape index (κ3) is 4.08. The van der Waals surface area contributed by atoms with E-state index >= 15 is 0 Å². The summed E-state index contributed by atoms with van der Waals surface area (Å²) in [5.41, 5.74) is 2.87. The summed E-state index contributed by atoms with van der Waals surface area (Å²) < 4.78 is 1.96. The third-order valence-corrected chi connectivity index (χ3v) is 4.46. The van der Waals surface area contributed by atoms with Crippen LogP contribution in [0.25, 0.3) is 0 Å². The molecule has 0 aliphatic carbocycles. The number of amides is 1. The number of aryl methyl sites for hydroxylation is 1. The van der Waals surface area contributed by atoms with Crippen LogP contribution in [0.2, 0.25) is 0 Å². The lowest BCUT2D eigenvalue weighted by atomic mass is 10.1. The molecule has 0 atom stereocenters. The fourth-order valence-electron chi connectivity index (χ4n) is 2.62. The van der Waals surface area contributed by atoms with E-state index in [1.54, 1.807) is 11.9 Å². The number of hydrogen-bond acceptors (Lipinski definition) is 4. The molecule has 2 aromatic carbocycles. The van der Waals surface area contributed by atoms with Crippen molar-refractivity contribution in [2.24, 2.45) is 7.05 Å². The molecule has 1 amide bonds. The van der Waals surface area contributed by atoms with Crippen LogP contribution in [0.5, 0.6) is 0 Å². The van der Waals surface area contributed by atoms with E-state index in [4.69, 9.17) is 0 Å². The number of aromatic nitrogens is 3. The van der Waals surface area contributed by atoms with Gasteiger partial charge < -0.3 is 14.8 Å². The Morgan fingerprint density at radius 2 is 1.77 bits per heavy atom. The van der Waals surface area contributed by atoms with Crippen molar-refractivity contribution in [3.8, 4) is 0 Å². The van der Waals surface area contributed by atoms with Crippen molar-refractivity contribution in [3.63, 3.8) is 0 Å². The smallest absolute Gasteiger partial charge is 0.231 e. The molecule has 6 nitrogen and oxygen atoms in total. The van der Waals surface area contributed by atoms with Gasteiger partial charge in [0.25, 0.3) is 0 Å². The highest BCUT2D eigenvalue weighted by Crippen LogP contribution is 2.15. The summed E-state index contributed by atoms with van der Waals surface area (Å²) in [4.78, 5) is 14.1. The molecule has 0 saturated carbocycles. The molecule has 0 unspecified atom stereocenters. The Balaban J connectivity index is 1.57. The van der Waals surface area contributed by atoms with Crippen LogP contribution < -0.4 is 10.2 Å². The Morgan fingerprint density at radius 1 is 1.08 bits per heavy atom. The summed E-state index contributed by atoms with van der Waals surface area (Å²) in [5, 5.41) is 11.5. The predicted molar refractivity (Wildman–Crippen MR) is 103 cm³/mol. The molecular weight excluding hydrogens is 326 g/mol. The van der Waals surface area contributed by atoms with Gasteiger partial charge in [-0.3, -0.25) is 4.79 Å². The van der Waals surface area contributed by atoms with Gasteiger partial charge in [0.05, 0.1) is 13.0 Å². The molecule has 1 aromatic heterocycles. The lowest BCUT2D eigenvalue weighted by Gasteiger charge is -2.17. The van der Waals surface area contributed by atoms with Gasteiger partial charge in [-0.15, -0.1) is 10.2 Å². The maximum Gasteiger partial charge on any atom is 0.231 e. The lowest BCUT2D eigenvalue weighted by Crippen LogP contribution is -2.27. The quantitative estimate of drug-likeness (QED) is 0.743. The van der Waals surface area contributed by atoms with E-state index in [1.165, 1.54) is 0 Å². The van der Waals surface area contributed by atoms with Gasteiger partial charge in [-0.25, -0.2) is 0 Å². The Hall–Kier alpha value is -3.15. The van der Waals surface area contributed by atoms with Crippen LogP contribution in [0.3, 0.4) is 0 Å². The first kappa shape index (κ1) is 17.7. The van der Waals surface area contributed by atoms with Crippen LogP contribution in [0.1, 0.15) is 17.2 Å². The number of nitrogens with zero attached hydrogens (tertiary/aromatic N) is 4. The van der Waals surface area contributed by atoms with E-state index in [1.807, 2.05) is 73.1 Å². The molecule has 134 valence electrons. The fraction of sp³-hybridized carbons (Fsp3) is 0.250. The minimum Gasteiger partial charge on any atom is -0.378 e. The van der Waals surface area contributed by atoms with Gasteiger partial charge in [0.15, 0.2) is 5.82 Å².